The zero-order valence-electron chi connectivity index (χ0n) is 13.0. The summed E-state index contributed by atoms with van der Waals surface area (Å²) >= 11 is 0. The first kappa shape index (κ1) is 14.5. The summed E-state index contributed by atoms with van der Waals surface area (Å²) in [5, 5.41) is 3.98. The smallest absolute Gasteiger partial charge is 0.226 e. The predicted octanol–water partition coefficient (Wildman–Crippen LogP) is 3.58. The Balaban J connectivity index is 1.68. The van der Waals surface area contributed by atoms with Gasteiger partial charge in [-0.05, 0) is 33.0 Å². The molecule has 0 saturated heterocycles. The van der Waals surface area contributed by atoms with Gasteiger partial charge >= 0.3 is 0 Å². The molecule has 3 aromatic rings. The van der Waals surface area contributed by atoms with Gasteiger partial charge < -0.3 is 8.94 Å². The van der Waals surface area contributed by atoms with Crippen molar-refractivity contribution in [2.45, 2.75) is 26.9 Å². The average Bonchev–Trinajstić information content (AvgIpc) is 3.10. The summed E-state index contributed by atoms with van der Waals surface area (Å²) < 4.78 is 10.8. The van der Waals surface area contributed by atoms with Crippen molar-refractivity contribution in [3.8, 4) is 11.5 Å². The molecule has 114 valence electrons. The minimum absolute atomic E-state index is 0.654. The first-order valence-corrected chi connectivity index (χ1v) is 7.23. The van der Waals surface area contributed by atoms with E-state index < -0.39 is 0 Å². The van der Waals surface area contributed by atoms with Crippen molar-refractivity contribution >= 4 is 0 Å². The lowest BCUT2D eigenvalue weighted by molar-refractivity contribution is 0.311. The van der Waals surface area contributed by atoms with Crippen LogP contribution in [-0.4, -0.2) is 22.1 Å². The van der Waals surface area contributed by atoms with E-state index in [2.05, 4.69) is 15.0 Å². The Morgan fingerprint density at radius 1 is 1.09 bits per heavy atom. The van der Waals surface area contributed by atoms with E-state index in [4.69, 9.17) is 8.94 Å². The van der Waals surface area contributed by atoms with E-state index in [1.54, 1.807) is 6.26 Å². The molecule has 1 aromatic carbocycles. The number of hydrogen-bond donors (Lipinski definition) is 0. The number of aromatic nitrogens is 2. The van der Waals surface area contributed by atoms with E-state index in [0.717, 1.165) is 34.8 Å². The molecule has 0 saturated carbocycles. The molecular formula is C17H19N3O2. The molecule has 0 bridgehead atoms. The maximum absolute atomic E-state index is 5.57. The minimum Gasteiger partial charge on any atom is -0.444 e. The molecule has 3 rings (SSSR count). The number of hydrogen-bond acceptors (Lipinski definition) is 5. The summed E-state index contributed by atoms with van der Waals surface area (Å²) in [7, 11) is 2.04. The molecule has 0 unspecified atom stereocenters. The fraction of sp³-hybridized carbons (Fsp3) is 0.294. The monoisotopic (exact) mass is 297 g/mol. The molecule has 5 heteroatoms. The molecule has 0 amide bonds. The lowest BCUT2D eigenvalue weighted by Crippen LogP contribution is -2.18. The van der Waals surface area contributed by atoms with Crippen LogP contribution in [0.2, 0.25) is 0 Å². The summed E-state index contributed by atoms with van der Waals surface area (Å²) in [4.78, 5) is 6.71. The van der Waals surface area contributed by atoms with Gasteiger partial charge in [0.2, 0.25) is 5.89 Å². The number of nitrogens with zero attached hydrogens (tertiary/aromatic N) is 3. The zero-order valence-corrected chi connectivity index (χ0v) is 13.0. The van der Waals surface area contributed by atoms with Crippen LogP contribution in [0, 0.1) is 13.8 Å². The SMILES string of the molecule is Cc1noc(C)c1CN(C)Cc1coc(-c2ccccc2)n1. The maximum Gasteiger partial charge on any atom is 0.226 e. The number of rotatable bonds is 5. The van der Waals surface area contributed by atoms with Gasteiger partial charge in [-0.15, -0.1) is 0 Å². The second-order valence-electron chi connectivity index (χ2n) is 5.49. The molecule has 0 spiro atoms. The molecule has 0 aliphatic carbocycles. The summed E-state index contributed by atoms with van der Waals surface area (Å²) in [6.07, 6.45) is 1.71. The third kappa shape index (κ3) is 3.09. The van der Waals surface area contributed by atoms with Gasteiger partial charge in [0.25, 0.3) is 0 Å². The van der Waals surface area contributed by atoms with Crippen molar-refractivity contribution in [3.05, 3.63) is 59.3 Å². The Morgan fingerprint density at radius 3 is 2.55 bits per heavy atom. The summed E-state index contributed by atoms with van der Waals surface area (Å²) in [5.41, 5.74) is 3.97. The first-order chi connectivity index (χ1) is 10.6. The predicted molar refractivity (Wildman–Crippen MR) is 83.1 cm³/mol. The fourth-order valence-electron chi connectivity index (χ4n) is 2.42. The number of benzene rings is 1. The van der Waals surface area contributed by atoms with Crippen LogP contribution in [0.3, 0.4) is 0 Å². The first-order valence-electron chi connectivity index (χ1n) is 7.23. The Morgan fingerprint density at radius 2 is 1.86 bits per heavy atom. The Labute approximate surface area is 129 Å². The van der Waals surface area contributed by atoms with Crippen molar-refractivity contribution in [2.24, 2.45) is 0 Å². The van der Waals surface area contributed by atoms with Crippen LogP contribution < -0.4 is 0 Å². The van der Waals surface area contributed by atoms with Crippen LogP contribution in [0.15, 0.2) is 45.5 Å². The summed E-state index contributed by atoms with van der Waals surface area (Å²) in [6, 6.07) is 9.91. The normalized spacial score (nSPS) is 11.3. The van der Waals surface area contributed by atoms with Gasteiger partial charge in [-0.3, -0.25) is 4.90 Å². The van der Waals surface area contributed by atoms with E-state index in [-0.39, 0.29) is 0 Å². The van der Waals surface area contributed by atoms with Crippen LogP contribution >= 0.6 is 0 Å². The van der Waals surface area contributed by atoms with Gasteiger partial charge in [0.15, 0.2) is 0 Å². The highest BCUT2D eigenvalue weighted by molar-refractivity contribution is 5.52. The molecule has 0 radical (unpaired) electrons. The number of aryl methyl sites for hydroxylation is 2. The van der Waals surface area contributed by atoms with Crippen molar-refractivity contribution in [1.29, 1.82) is 0 Å². The molecule has 5 nitrogen and oxygen atoms in total. The fourth-order valence-corrected chi connectivity index (χ4v) is 2.42. The average molecular weight is 297 g/mol. The van der Waals surface area contributed by atoms with Gasteiger partial charge in [0.05, 0.1) is 11.4 Å². The highest BCUT2D eigenvalue weighted by atomic mass is 16.5. The van der Waals surface area contributed by atoms with Crippen LogP contribution in [-0.2, 0) is 13.1 Å². The third-order valence-corrected chi connectivity index (χ3v) is 3.61. The van der Waals surface area contributed by atoms with Crippen LogP contribution in [0.4, 0.5) is 0 Å². The van der Waals surface area contributed by atoms with E-state index >= 15 is 0 Å². The van der Waals surface area contributed by atoms with Gasteiger partial charge in [0, 0.05) is 24.2 Å². The molecule has 0 N–H and O–H groups in total. The summed E-state index contributed by atoms with van der Waals surface area (Å²) in [6.45, 7) is 5.38. The minimum atomic E-state index is 0.654. The van der Waals surface area contributed by atoms with Gasteiger partial charge in [0.1, 0.15) is 12.0 Å². The van der Waals surface area contributed by atoms with Crippen LogP contribution in [0.1, 0.15) is 22.7 Å². The molecule has 0 atom stereocenters. The van der Waals surface area contributed by atoms with Crippen molar-refractivity contribution in [1.82, 2.24) is 15.0 Å². The largest absolute Gasteiger partial charge is 0.444 e. The quantitative estimate of drug-likeness (QED) is 0.720. The zero-order chi connectivity index (χ0) is 15.5. The number of oxazole rings is 1. The Bertz CT molecular complexity index is 727. The maximum atomic E-state index is 5.57. The second kappa shape index (κ2) is 6.15. The van der Waals surface area contributed by atoms with Crippen LogP contribution in [0.25, 0.3) is 11.5 Å². The highest BCUT2D eigenvalue weighted by Crippen LogP contribution is 2.19. The Hall–Kier alpha value is -2.40. The van der Waals surface area contributed by atoms with E-state index in [1.807, 2.05) is 51.2 Å². The lowest BCUT2D eigenvalue weighted by atomic mass is 10.2. The molecule has 2 aromatic heterocycles. The lowest BCUT2D eigenvalue weighted by Gasteiger charge is -2.14. The molecule has 2 heterocycles. The van der Waals surface area contributed by atoms with Gasteiger partial charge in [-0.25, -0.2) is 4.98 Å². The van der Waals surface area contributed by atoms with Crippen molar-refractivity contribution < 1.29 is 8.94 Å². The molecule has 0 aliphatic heterocycles. The summed E-state index contributed by atoms with van der Waals surface area (Å²) in [5.74, 6) is 1.52. The second-order valence-corrected chi connectivity index (χ2v) is 5.49. The highest BCUT2D eigenvalue weighted by Gasteiger charge is 2.13. The van der Waals surface area contributed by atoms with Crippen molar-refractivity contribution in [3.63, 3.8) is 0 Å². The van der Waals surface area contributed by atoms with Crippen LogP contribution in [0.5, 0.6) is 0 Å². The van der Waals surface area contributed by atoms with Gasteiger partial charge in [-0.2, -0.15) is 0 Å². The topological polar surface area (TPSA) is 55.3 Å². The Kier molecular flexibility index (Phi) is 4.06. The van der Waals surface area contributed by atoms with E-state index in [9.17, 15) is 0 Å². The van der Waals surface area contributed by atoms with Crippen molar-refractivity contribution in [2.75, 3.05) is 7.05 Å². The van der Waals surface area contributed by atoms with E-state index in [0.29, 0.717) is 12.4 Å². The molecular weight excluding hydrogens is 278 g/mol. The molecule has 0 fully saturated rings. The standard InChI is InChI=1S/C17H19N3O2/c1-12-16(13(2)22-19-12)10-20(3)9-15-11-21-17(18-15)14-7-5-4-6-8-14/h4-8,11H,9-10H2,1-3H3. The molecule has 22 heavy (non-hydrogen) atoms. The van der Waals surface area contributed by atoms with Gasteiger partial charge in [-0.1, -0.05) is 23.4 Å². The third-order valence-electron chi connectivity index (χ3n) is 3.61. The molecule has 0 aliphatic rings. The van der Waals surface area contributed by atoms with E-state index in [1.165, 1.54) is 0 Å².